The lowest BCUT2D eigenvalue weighted by Crippen LogP contribution is -2.39. The van der Waals surface area contributed by atoms with Gasteiger partial charge in [-0.15, -0.1) is 0 Å². The van der Waals surface area contributed by atoms with Crippen LogP contribution in [0.5, 0.6) is 0 Å². The summed E-state index contributed by atoms with van der Waals surface area (Å²) in [6, 6.07) is 8.12. The molecule has 1 unspecified atom stereocenters. The van der Waals surface area contributed by atoms with Crippen LogP contribution in [0.2, 0.25) is 5.02 Å². The Morgan fingerprint density at radius 2 is 1.88 bits per heavy atom. The molecule has 1 N–H and O–H groups in total. The van der Waals surface area contributed by atoms with Crippen LogP contribution < -0.4 is 4.90 Å². The quantitative estimate of drug-likeness (QED) is 0.488. The fourth-order valence-corrected chi connectivity index (χ4v) is 5.32. The highest BCUT2D eigenvalue weighted by Crippen LogP contribution is 2.37. The molecule has 2 aromatic heterocycles. The summed E-state index contributed by atoms with van der Waals surface area (Å²) in [5, 5.41) is 8.88. The Morgan fingerprint density at radius 1 is 1.12 bits per heavy atom. The van der Waals surface area contributed by atoms with Gasteiger partial charge in [0.25, 0.3) is 0 Å². The minimum atomic E-state index is 0.0523. The number of benzene rings is 1. The van der Waals surface area contributed by atoms with Gasteiger partial charge in [0.2, 0.25) is 0 Å². The number of halogens is 2. The van der Waals surface area contributed by atoms with Crippen molar-refractivity contribution in [2.24, 2.45) is 5.92 Å². The van der Waals surface area contributed by atoms with E-state index in [0.29, 0.717) is 18.2 Å². The standard InChI is InChI=1S/C23H28BrClN6O2/c24-21-19-22(29-28-21)26-15-27-23(19)31-7-5-17(6-8-31)20(16-1-3-18(25)4-2-16)33-14-11-30-9-12-32-13-10-30/h1-4,15,17,20H,5-14H2,(H,26,27,28,29). The van der Waals surface area contributed by atoms with Crippen molar-refractivity contribution in [3.63, 3.8) is 0 Å². The van der Waals surface area contributed by atoms with Crippen LogP contribution in [0.25, 0.3) is 11.0 Å². The second-order valence-electron chi connectivity index (χ2n) is 8.55. The van der Waals surface area contributed by atoms with Crippen LogP contribution in [0, 0.1) is 5.92 Å². The Balaban J connectivity index is 1.27. The molecule has 0 aliphatic carbocycles. The van der Waals surface area contributed by atoms with E-state index in [9.17, 15) is 0 Å². The maximum absolute atomic E-state index is 6.54. The number of anilines is 1. The summed E-state index contributed by atoms with van der Waals surface area (Å²) in [6.45, 7) is 7.03. The molecule has 0 radical (unpaired) electrons. The second kappa shape index (κ2) is 10.7. The van der Waals surface area contributed by atoms with E-state index in [4.69, 9.17) is 21.1 Å². The molecule has 33 heavy (non-hydrogen) atoms. The zero-order chi connectivity index (χ0) is 22.6. The topological polar surface area (TPSA) is 79.4 Å². The van der Waals surface area contributed by atoms with Crippen molar-refractivity contribution in [1.29, 1.82) is 0 Å². The van der Waals surface area contributed by atoms with Gasteiger partial charge < -0.3 is 14.4 Å². The molecular weight excluding hydrogens is 508 g/mol. The average molecular weight is 536 g/mol. The van der Waals surface area contributed by atoms with E-state index in [2.05, 4.69) is 58.0 Å². The van der Waals surface area contributed by atoms with Crippen LogP contribution >= 0.6 is 27.5 Å². The fourth-order valence-electron chi connectivity index (χ4n) is 4.75. The van der Waals surface area contributed by atoms with Crippen LogP contribution in [0.15, 0.2) is 35.2 Å². The van der Waals surface area contributed by atoms with Gasteiger partial charge in [0.1, 0.15) is 16.7 Å². The van der Waals surface area contributed by atoms with Gasteiger partial charge in [0, 0.05) is 37.7 Å². The van der Waals surface area contributed by atoms with Crippen molar-refractivity contribution in [3.8, 4) is 0 Å². The van der Waals surface area contributed by atoms with Gasteiger partial charge in [0.15, 0.2) is 5.65 Å². The number of rotatable bonds is 7. The van der Waals surface area contributed by atoms with Gasteiger partial charge in [-0.3, -0.25) is 10.00 Å². The molecule has 176 valence electrons. The molecule has 1 aromatic carbocycles. The van der Waals surface area contributed by atoms with Gasteiger partial charge in [-0.25, -0.2) is 9.97 Å². The van der Waals surface area contributed by atoms with Gasteiger partial charge in [-0.05, 0) is 52.4 Å². The zero-order valence-electron chi connectivity index (χ0n) is 18.4. The van der Waals surface area contributed by atoms with E-state index in [1.807, 2.05) is 12.1 Å². The number of morpholine rings is 1. The van der Waals surface area contributed by atoms with Crippen molar-refractivity contribution >= 4 is 44.4 Å². The Morgan fingerprint density at radius 3 is 2.64 bits per heavy atom. The molecule has 2 saturated heterocycles. The summed E-state index contributed by atoms with van der Waals surface area (Å²) in [5.41, 5.74) is 1.88. The Hall–Kier alpha value is -1.78. The zero-order valence-corrected chi connectivity index (χ0v) is 20.8. The summed E-state index contributed by atoms with van der Waals surface area (Å²) in [5.74, 6) is 1.35. The first-order valence-electron chi connectivity index (χ1n) is 11.5. The highest BCUT2D eigenvalue weighted by atomic mass is 79.9. The van der Waals surface area contributed by atoms with Gasteiger partial charge in [0.05, 0.1) is 31.3 Å². The summed E-state index contributed by atoms with van der Waals surface area (Å²) < 4.78 is 12.8. The molecule has 0 saturated carbocycles. The van der Waals surface area contributed by atoms with E-state index in [-0.39, 0.29) is 6.10 Å². The normalized spacial score (nSPS) is 19.3. The van der Waals surface area contributed by atoms with Crippen molar-refractivity contribution in [2.45, 2.75) is 18.9 Å². The number of nitrogens with one attached hydrogen (secondary N) is 1. The van der Waals surface area contributed by atoms with Crippen LogP contribution in [0.3, 0.4) is 0 Å². The molecule has 1 atom stereocenters. The van der Waals surface area contributed by atoms with Crippen LogP contribution in [0.1, 0.15) is 24.5 Å². The lowest BCUT2D eigenvalue weighted by Gasteiger charge is -2.37. The first-order chi connectivity index (χ1) is 16.2. The number of H-pyrrole nitrogens is 1. The molecule has 4 heterocycles. The molecule has 2 aliphatic heterocycles. The highest BCUT2D eigenvalue weighted by molar-refractivity contribution is 9.10. The molecular formula is C23H28BrClN6O2. The minimum absolute atomic E-state index is 0.0523. The molecule has 8 nitrogen and oxygen atoms in total. The van der Waals surface area contributed by atoms with Crippen molar-refractivity contribution in [3.05, 3.63) is 45.8 Å². The average Bonchev–Trinajstić information content (AvgIpc) is 3.24. The molecule has 2 fully saturated rings. The maximum atomic E-state index is 6.54. The van der Waals surface area contributed by atoms with Gasteiger partial charge >= 0.3 is 0 Å². The monoisotopic (exact) mass is 534 g/mol. The Kier molecular flexibility index (Phi) is 7.42. The van der Waals surface area contributed by atoms with Crippen molar-refractivity contribution in [2.75, 3.05) is 57.4 Å². The van der Waals surface area contributed by atoms with E-state index < -0.39 is 0 Å². The molecule has 3 aromatic rings. The van der Waals surface area contributed by atoms with Gasteiger partial charge in [-0.2, -0.15) is 5.10 Å². The Labute approximate surface area is 206 Å². The van der Waals surface area contributed by atoms with E-state index >= 15 is 0 Å². The van der Waals surface area contributed by atoms with Crippen molar-refractivity contribution < 1.29 is 9.47 Å². The fraction of sp³-hybridized carbons (Fsp3) is 0.522. The van der Waals surface area contributed by atoms with E-state index in [0.717, 1.165) is 79.6 Å². The maximum Gasteiger partial charge on any atom is 0.187 e. The molecule has 0 bridgehead atoms. The highest BCUT2D eigenvalue weighted by Gasteiger charge is 2.30. The Bertz CT molecular complexity index is 1050. The smallest absolute Gasteiger partial charge is 0.187 e. The van der Waals surface area contributed by atoms with Crippen LogP contribution in [-0.4, -0.2) is 77.6 Å². The van der Waals surface area contributed by atoms with Crippen molar-refractivity contribution in [1.82, 2.24) is 25.1 Å². The van der Waals surface area contributed by atoms with Crippen LogP contribution in [-0.2, 0) is 9.47 Å². The van der Waals surface area contributed by atoms with Gasteiger partial charge in [-0.1, -0.05) is 23.7 Å². The molecule has 5 rings (SSSR count). The molecule has 0 spiro atoms. The molecule has 10 heteroatoms. The minimum Gasteiger partial charge on any atom is -0.379 e. The lowest BCUT2D eigenvalue weighted by molar-refractivity contribution is -0.0232. The number of hydrogen-bond acceptors (Lipinski definition) is 7. The third-order valence-electron chi connectivity index (χ3n) is 6.56. The second-order valence-corrected chi connectivity index (χ2v) is 9.78. The summed E-state index contributed by atoms with van der Waals surface area (Å²) >= 11 is 9.71. The van der Waals surface area contributed by atoms with Crippen LogP contribution in [0.4, 0.5) is 5.82 Å². The first kappa shape index (κ1) is 23.0. The summed E-state index contributed by atoms with van der Waals surface area (Å²) in [7, 11) is 0. The predicted molar refractivity (Wildman–Crippen MR) is 132 cm³/mol. The third-order valence-corrected chi connectivity index (χ3v) is 7.39. The largest absolute Gasteiger partial charge is 0.379 e. The lowest BCUT2D eigenvalue weighted by atomic mass is 9.87. The molecule has 0 amide bonds. The SMILES string of the molecule is Clc1ccc(C(OCCN2CCOCC2)C2CCN(c3ncnc4n[nH]c(Br)c34)CC2)cc1. The summed E-state index contributed by atoms with van der Waals surface area (Å²) in [4.78, 5) is 13.6. The molecule has 2 aliphatic rings. The number of aromatic amines is 1. The number of fused-ring (bicyclic) bond motifs is 1. The number of ether oxygens (including phenoxy) is 2. The predicted octanol–water partition coefficient (Wildman–Crippen LogP) is 4.08. The third kappa shape index (κ3) is 5.33. The number of piperidine rings is 1. The number of aromatic nitrogens is 4. The first-order valence-corrected chi connectivity index (χ1v) is 12.6. The summed E-state index contributed by atoms with van der Waals surface area (Å²) in [6.07, 6.45) is 3.68. The number of nitrogens with zero attached hydrogens (tertiary/aromatic N) is 5. The number of hydrogen-bond donors (Lipinski definition) is 1. The van der Waals surface area contributed by atoms with E-state index in [1.165, 1.54) is 5.56 Å². The van der Waals surface area contributed by atoms with E-state index in [1.54, 1.807) is 6.33 Å².